The molecule has 2 N–H and O–H groups in total. The van der Waals surface area contributed by atoms with Crippen molar-refractivity contribution in [1.29, 1.82) is 0 Å². The van der Waals surface area contributed by atoms with E-state index in [9.17, 15) is 4.79 Å². The Hall–Kier alpha value is -2.03. The number of aromatic nitrogens is 2. The molecule has 2 aliphatic rings. The minimum atomic E-state index is -0.279. The van der Waals surface area contributed by atoms with Crippen LogP contribution in [0.1, 0.15) is 41.4 Å². The molecule has 0 bridgehead atoms. The highest BCUT2D eigenvalue weighted by Gasteiger charge is 2.43. The number of nitrogens with one attached hydrogen (secondary N) is 1. The highest BCUT2D eigenvalue weighted by molar-refractivity contribution is 7.03. The number of nitrogens with zero attached hydrogens (tertiary/aromatic N) is 3. The molecule has 1 fully saturated rings. The average Bonchev–Trinajstić information content (AvgIpc) is 3.19. The third-order valence-corrected chi connectivity index (χ3v) is 5.78. The van der Waals surface area contributed by atoms with Crippen molar-refractivity contribution in [2.75, 3.05) is 26.2 Å². The first-order chi connectivity index (χ1) is 12.7. The van der Waals surface area contributed by atoms with Crippen LogP contribution in [-0.2, 0) is 0 Å². The molecule has 0 saturated carbocycles. The normalized spacial score (nSPS) is 21.8. The lowest BCUT2D eigenvalue weighted by Gasteiger charge is -2.47. The quantitative estimate of drug-likeness (QED) is 0.846. The molecular formula is C18H22N4O3S. The van der Waals surface area contributed by atoms with Crippen LogP contribution in [0.25, 0.3) is 0 Å². The second-order valence-electron chi connectivity index (χ2n) is 6.91. The summed E-state index contributed by atoms with van der Waals surface area (Å²) < 4.78 is 10.2. The number of β-amino-alcohol motifs (C(OH)–C–C–N with tert-alkyl or cyclic N) is 1. The number of hydrogen-bond donors (Lipinski definition) is 2. The molecule has 26 heavy (non-hydrogen) atoms. The maximum atomic E-state index is 12.5. The predicted octanol–water partition coefficient (Wildman–Crippen LogP) is 1.62. The monoisotopic (exact) mass is 374 g/mol. The number of carbonyl (C=O) groups excluding carboxylic acids is 1. The molecule has 7 nitrogen and oxygen atoms in total. The fraction of sp³-hybridized carbons (Fsp3) is 0.500. The smallest absolute Gasteiger partial charge is 0.273 e. The molecule has 1 amide bonds. The Balaban J connectivity index is 1.55. The largest absolute Gasteiger partial charge is 0.487 e. The maximum absolute atomic E-state index is 12.5. The van der Waals surface area contributed by atoms with Gasteiger partial charge in [-0.1, -0.05) is 22.7 Å². The summed E-state index contributed by atoms with van der Waals surface area (Å²) in [4.78, 5) is 14.8. The Bertz CT molecular complexity index is 760. The summed E-state index contributed by atoms with van der Waals surface area (Å²) in [6.45, 7) is 2.65. The summed E-state index contributed by atoms with van der Waals surface area (Å²) in [6, 6.07) is 7.79. The van der Waals surface area contributed by atoms with Gasteiger partial charge >= 0.3 is 0 Å². The summed E-state index contributed by atoms with van der Waals surface area (Å²) in [5.41, 5.74) is 1.08. The van der Waals surface area contributed by atoms with Gasteiger partial charge in [-0.15, -0.1) is 5.10 Å². The van der Waals surface area contributed by atoms with Crippen molar-refractivity contribution in [3.8, 4) is 5.75 Å². The molecule has 2 aromatic rings. The van der Waals surface area contributed by atoms with Gasteiger partial charge in [0.25, 0.3) is 5.91 Å². The summed E-state index contributed by atoms with van der Waals surface area (Å²) in [7, 11) is 0. The van der Waals surface area contributed by atoms with Crippen LogP contribution < -0.4 is 10.1 Å². The molecule has 1 aromatic heterocycles. The van der Waals surface area contributed by atoms with Gasteiger partial charge in [0, 0.05) is 37.0 Å². The summed E-state index contributed by atoms with van der Waals surface area (Å²) >= 11 is 1.17. The number of ether oxygens (including phenoxy) is 1. The minimum Gasteiger partial charge on any atom is -0.487 e. The number of para-hydroxylation sites is 1. The highest BCUT2D eigenvalue weighted by atomic mass is 32.1. The van der Waals surface area contributed by atoms with Crippen molar-refractivity contribution < 1.29 is 14.6 Å². The molecule has 4 rings (SSSR count). The lowest BCUT2D eigenvalue weighted by Crippen LogP contribution is -2.52. The fourth-order valence-electron chi connectivity index (χ4n) is 3.87. The molecule has 138 valence electrons. The molecule has 1 aromatic carbocycles. The number of likely N-dealkylation sites (tertiary alicyclic amines) is 1. The van der Waals surface area contributed by atoms with Crippen LogP contribution in [0, 0.1) is 0 Å². The number of carbonyl (C=O) groups is 1. The second kappa shape index (κ2) is 7.30. The summed E-state index contributed by atoms with van der Waals surface area (Å²) in [6.07, 6.45) is 2.50. The van der Waals surface area contributed by atoms with Gasteiger partial charge in [0.15, 0.2) is 5.69 Å². The van der Waals surface area contributed by atoms with Crippen LogP contribution in [-0.4, -0.2) is 57.3 Å². The molecule has 8 heteroatoms. The van der Waals surface area contributed by atoms with Gasteiger partial charge in [-0.25, -0.2) is 0 Å². The lowest BCUT2D eigenvalue weighted by molar-refractivity contribution is -0.0270. The van der Waals surface area contributed by atoms with Crippen LogP contribution in [0.3, 0.4) is 0 Å². The average molecular weight is 374 g/mol. The van der Waals surface area contributed by atoms with Gasteiger partial charge in [-0.2, -0.15) is 0 Å². The Morgan fingerprint density at radius 1 is 1.38 bits per heavy atom. The Kier molecular flexibility index (Phi) is 4.88. The Labute approximate surface area is 156 Å². The van der Waals surface area contributed by atoms with Crippen LogP contribution in [0.5, 0.6) is 5.75 Å². The number of aliphatic hydroxyl groups is 1. The maximum Gasteiger partial charge on any atom is 0.273 e. The van der Waals surface area contributed by atoms with E-state index in [-0.39, 0.29) is 24.2 Å². The topological polar surface area (TPSA) is 87.6 Å². The minimum absolute atomic E-state index is 0.112. The van der Waals surface area contributed by atoms with Crippen molar-refractivity contribution in [3.05, 3.63) is 40.9 Å². The van der Waals surface area contributed by atoms with Gasteiger partial charge in [0.1, 0.15) is 11.4 Å². The number of rotatable bonds is 4. The van der Waals surface area contributed by atoms with E-state index in [1.165, 1.54) is 11.5 Å². The van der Waals surface area contributed by atoms with E-state index in [1.807, 2.05) is 24.3 Å². The third-order valence-electron chi connectivity index (χ3n) is 5.28. The number of fused-ring (bicyclic) bond motifs is 1. The highest BCUT2D eigenvalue weighted by Crippen LogP contribution is 2.44. The van der Waals surface area contributed by atoms with Gasteiger partial charge in [0.2, 0.25) is 0 Å². The van der Waals surface area contributed by atoms with Gasteiger partial charge in [-0.3, -0.25) is 4.79 Å². The SMILES string of the molecule is O=C(N[C@@H]1CC2(CCN(CCO)CC2)Oc2ccccc21)c1csnn1. The van der Waals surface area contributed by atoms with E-state index in [2.05, 4.69) is 19.8 Å². The zero-order valence-electron chi connectivity index (χ0n) is 14.4. The van der Waals surface area contributed by atoms with E-state index in [0.717, 1.165) is 43.7 Å². The van der Waals surface area contributed by atoms with Crippen molar-refractivity contribution in [2.24, 2.45) is 0 Å². The second-order valence-corrected chi connectivity index (χ2v) is 7.52. The third kappa shape index (κ3) is 3.44. The molecule has 1 spiro atoms. The van der Waals surface area contributed by atoms with E-state index in [0.29, 0.717) is 12.2 Å². The van der Waals surface area contributed by atoms with Crippen molar-refractivity contribution in [3.63, 3.8) is 0 Å². The van der Waals surface area contributed by atoms with Crippen LogP contribution in [0.4, 0.5) is 0 Å². The van der Waals surface area contributed by atoms with Crippen LogP contribution in [0.15, 0.2) is 29.6 Å². The fourth-order valence-corrected chi connectivity index (χ4v) is 4.31. The Morgan fingerprint density at radius 2 is 2.19 bits per heavy atom. The molecule has 1 atom stereocenters. The molecule has 1 saturated heterocycles. The number of aliphatic hydroxyl groups excluding tert-OH is 1. The molecule has 2 aliphatic heterocycles. The first-order valence-electron chi connectivity index (χ1n) is 8.88. The van der Waals surface area contributed by atoms with E-state index >= 15 is 0 Å². The lowest BCUT2D eigenvalue weighted by atomic mass is 9.80. The molecule has 0 aliphatic carbocycles. The Morgan fingerprint density at radius 3 is 2.92 bits per heavy atom. The number of amides is 1. The van der Waals surface area contributed by atoms with Crippen molar-refractivity contribution in [1.82, 2.24) is 19.8 Å². The van der Waals surface area contributed by atoms with Crippen molar-refractivity contribution in [2.45, 2.75) is 30.9 Å². The van der Waals surface area contributed by atoms with E-state index in [4.69, 9.17) is 9.84 Å². The molecule has 3 heterocycles. The molecule has 0 unspecified atom stereocenters. The van der Waals surface area contributed by atoms with Gasteiger partial charge in [0.05, 0.1) is 12.6 Å². The zero-order chi connectivity index (χ0) is 18.0. The van der Waals surface area contributed by atoms with E-state index in [1.54, 1.807) is 5.38 Å². The first-order valence-corrected chi connectivity index (χ1v) is 9.72. The van der Waals surface area contributed by atoms with Gasteiger partial charge < -0.3 is 20.1 Å². The van der Waals surface area contributed by atoms with Crippen LogP contribution in [0.2, 0.25) is 0 Å². The number of benzene rings is 1. The van der Waals surface area contributed by atoms with E-state index < -0.39 is 0 Å². The van der Waals surface area contributed by atoms with Crippen molar-refractivity contribution >= 4 is 17.4 Å². The molecule has 0 radical (unpaired) electrons. The number of hydrogen-bond acceptors (Lipinski definition) is 7. The predicted molar refractivity (Wildman–Crippen MR) is 97.3 cm³/mol. The summed E-state index contributed by atoms with van der Waals surface area (Å²) in [5, 5.41) is 17.8. The molecular weight excluding hydrogens is 352 g/mol. The number of piperidine rings is 1. The summed E-state index contributed by atoms with van der Waals surface area (Å²) in [5.74, 6) is 0.643. The first kappa shape index (κ1) is 17.4. The van der Waals surface area contributed by atoms with Gasteiger partial charge in [-0.05, 0) is 30.4 Å². The van der Waals surface area contributed by atoms with Crippen LogP contribution >= 0.6 is 11.5 Å². The zero-order valence-corrected chi connectivity index (χ0v) is 15.2. The standard InChI is InChI=1S/C18H22N4O3S/c23-10-9-22-7-5-18(6-8-22)11-14(13-3-1-2-4-16(13)25-18)19-17(24)15-12-26-21-20-15/h1-4,12,14,23H,5-11H2,(H,19,24)/t14-/m1/s1.